The first-order chi connectivity index (χ1) is 8.89. The van der Waals surface area contributed by atoms with Crippen molar-refractivity contribution in [1.29, 1.82) is 0 Å². The fraction of sp³-hybridized carbons (Fsp3) is 0.273. The Balaban J connectivity index is 2.51. The van der Waals surface area contributed by atoms with E-state index in [0.717, 1.165) is 10.4 Å². The van der Waals surface area contributed by atoms with Gasteiger partial charge in [0.1, 0.15) is 4.90 Å². The molecule has 1 heterocycles. The van der Waals surface area contributed by atoms with Crippen molar-refractivity contribution in [3.8, 4) is 0 Å². The summed E-state index contributed by atoms with van der Waals surface area (Å²) in [4.78, 5) is 22.6. The van der Waals surface area contributed by atoms with Crippen molar-refractivity contribution in [3.63, 3.8) is 0 Å². The van der Waals surface area contributed by atoms with Gasteiger partial charge < -0.3 is 5.11 Å². The van der Waals surface area contributed by atoms with Crippen LogP contribution in [0.4, 0.5) is 0 Å². The van der Waals surface area contributed by atoms with Crippen LogP contribution < -0.4 is 0 Å². The molecule has 1 aromatic carbocycles. The summed E-state index contributed by atoms with van der Waals surface area (Å²) in [5.74, 6) is -1.33. The van der Waals surface area contributed by atoms with Crippen molar-refractivity contribution >= 4 is 33.7 Å². The second-order valence-corrected chi connectivity index (χ2v) is 6.71. The molecule has 0 radical (unpaired) electrons. The Bertz CT molecular complexity index is 653. The van der Waals surface area contributed by atoms with Gasteiger partial charge in [-0.1, -0.05) is 0 Å². The van der Waals surface area contributed by atoms with Crippen LogP contribution in [-0.2, 0) is 10.0 Å². The van der Waals surface area contributed by atoms with Gasteiger partial charge in [0.05, 0.1) is 11.1 Å². The van der Waals surface area contributed by atoms with Gasteiger partial charge in [-0.2, -0.15) is 11.8 Å². The molecule has 0 saturated carbocycles. The van der Waals surface area contributed by atoms with Gasteiger partial charge >= 0.3 is 5.97 Å². The van der Waals surface area contributed by atoms with Crippen molar-refractivity contribution in [1.82, 2.24) is 4.31 Å². The molecule has 0 fully saturated rings. The number of amides is 1. The number of hydrogen-bond acceptors (Lipinski definition) is 5. The Morgan fingerprint density at radius 1 is 1.42 bits per heavy atom. The van der Waals surface area contributed by atoms with Crippen LogP contribution >= 0.6 is 11.8 Å². The molecule has 1 aromatic rings. The van der Waals surface area contributed by atoms with Crippen LogP contribution in [0.25, 0.3) is 0 Å². The summed E-state index contributed by atoms with van der Waals surface area (Å²) >= 11 is 1.43. The summed E-state index contributed by atoms with van der Waals surface area (Å²) in [5.41, 5.74) is -0.118. The molecule has 19 heavy (non-hydrogen) atoms. The molecular weight excluding hydrogens is 290 g/mol. The van der Waals surface area contributed by atoms with Crippen LogP contribution in [-0.4, -0.2) is 48.3 Å². The van der Waals surface area contributed by atoms with E-state index in [9.17, 15) is 18.0 Å². The zero-order valence-corrected chi connectivity index (χ0v) is 11.6. The van der Waals surface area contributed by atoms with Gasteiger partial charge in [-0.15, -0.1) is 0 Å². The molecule has 1 N–H and O–H groups in total. The van der Waals surface area contributed by atoms with Crippen LogP contribution in [0.15, 0.2) is 23.1 Å². The van der Waals surface area contributed by atoms with E-state index in [1.807, 2.05) is 6.26 Å². The molecule has 0 aliphatic carbocycles. The number of carbonyl (C=O) groups excluding carboxylic acids is 1. The molecule has 0 unspecified atom stereocenters. The van der Waals surface area contributed by atoms with Gasteiger partial charge in [0.15, 0.2) is 0 Å². The molecule has 0 aromatic heterocycles. The van der Waals surface area contributed by atoms with E-state index in [1.54, 1.807) is 0 Å². The lowest BCUT2D eigenvalue weighted by Crippen LogP contribution is -2.32. The number of hydrogen-bond donors (Lipinski definition) is 1. The Hall–Kier alpha value is -1.54. The smallest absolute Gasteiger partial charge is 0.335 e. The first-order valence-electron chi connectivity index (χ1n) is 5.33. The number of thioether (sulfide) groups is 1. The average Bonchev–Trinajstić information content (AvgIpc) is 2.55. The lowest BCUT2D eigenvalue weighted by atomic mass is 10.1. The predicted molar refractivity (Wildman–Crippen MR) is 70.0 cm³/mol. The maximum absolute atomic E-state index is 12.2. The highest BCUT2D eigenvalue weighted by Crippen LogP contribution is 2.31. The van der Waals surface area contributed by atoms with E-state index in [-0.39, 0.29) is 22.6 Å². The monoisotopic (exact) mass is 301 g/mol. The third-order valence-electron chi connectivity index (χ3n) is 2.75. The second kappa shape index (κ2) is 4.86. The summed E-state index contributed by atoms with van der Waals surface area (Å²) in [6.07, 6.45) is 1.81. The molecule has 6 nitrogen and oxygen atoms in total. The average molecular weight is 301 g/mol. The van der Waals surface area contributed by atoms with E-state index < -0.39 is 21.9 Å². The first kappa shape index (κ1) is 13.9. The van der Waals surface area contributed by atoms with Crippen molar-refractivity contribution in [2.45, 2.75) is 4.90 Å². The normalized spacial score (nSPS) is 16.5. The first-order valence-corrected chi connectivity index (χ1v) is 8.16. The number of aromatic carboxylic acids is 1. The number of carboxylic acids is 1. The van der Waals surface area contributed by atoms with Crippen LogP contribution in [0, 0.1) is 0 Å². The van der Waals surface area contributed by atoms with Crippen molar-refractivity contribution in [2.24, 2.45) is 0 Å². The molecule has 2 rings (SSSR count). The highest BCUT2D eigenvalue weighted by atomic mass is 32.2. The molecule has 1 aliphatic rings. The third-order valence-corrected chi connectivity index (χ3v) is 5.17. The summed E-state index contributed by atoms with van der Waals surface area (Å²) in [6.45, 7) is 0.0828. The number of fused-ring (bicyclic) bond motifs is 1. The molecule has 102 valence electrons. The zero-order valence-electron chi connectivity index (χ0n) is 9.99. The Labute approximate surface area is 114 Å². The van der Waals surface area contributed by atoms with Crippen LogP contribution in [0.1, 0.15) is 20.7 Å². The highest BCUT2D eigenvalue weighted by molar-refractivity contribution is 7.98. The molecule has 1 aliphatic heterocycles. The summed E-state index contributed by atoms with van der Waals surface area (Å²) in [6, 6.07) is 3.51. The van der Waals surface area contributed by atoms with Crippen molar-refractivity contribution < 1.29 is 23.1 Å². The molecule has 8 heteroatoms. The minimum absolute atomic E-state index is 0.0334. The highest BCUT2D eigenvalue weighted by Gasteiger charge is 2.41. The van der Waals surface area contributed by atoms with Gasteiger partial charge in [-0.3, -0.25) is 4.79 Å². The van der Waals surface area contributed by atoms with Crippen LogP contribution in [0.2, 0.25) is 0 Å². The van der Waals surface area contributed by atoms with Crippen LogP contribution in [0.5, 0.6) is 0 Å². The topological polar surface area (TPSA) is 91.8 Å². The van der Waals surface area contributed by atoms with Gasteiger partial charge in [0.25, 0.3) is 15.9 Å². The quantitative estimate of drug-likeness (QED) is 0.888. The lowest BCUT2D eigenvalue weighted by molar-refractivity contribution is 0.0695. The summed E-state index contributed by atoms with van der Waals surface area (Å²) in [7, 11) is -3.92. The molecule has 0 atom stereocenters. The lowest BCUT2D eigenvalue weighted by Gasteiger charge is -2.13. The molecular formula is C11H11NO5S2. The maximum atomic E-state index is 12.2. The Morgan fingerprint density at radius 3 is 2.68 bits per heavy atom. The number of nitrogens with zero attached hydrogens (tertiary/aromatic N) is 1. The number of carbonyl (C=O) groups is 2. The minimum atomic E-state index is -3.92. The van der Waals surface area contributed by atoms with Crippen molar-refractivity contribution in [2.75, 3.05) is 18.6 Å². The van der Waals surface area contributed by atoms with Gasteiger partial charge in [0, 0.05) is 12.3 Å². The summed E-state index contributed by atoms with van der Waals surface area (Å²) < 4.78 is 25.1. The van der Waals surface area contributed by atoms with Crippen LogP contribution in [0.3, 0.4) is 0 Å². The largest absolute Gasteiger partial charge is 0.478 e. The summed E-state index contributed by atoms with van der Waals surface area (Å²) in [5, 5.41) is 8.86. The predicted octanol–water partition coefficient (Wildman–Crippen LogP) is 0.892. The number of sulfonamides is 1. The molecule has 0 spiro atoms. The molecule has 0 saturated heterocycles. The minimum Gasteiger partial charge on any atom is -0.478 e. The number of rotatable bonds is 4. The SMILES string of the molecule is CSCCN1C(=O)c2ccc(C(=O)O)cc2S1(=O)=O. The fourth-order valence-corrected chi connectivity index (χ4v) is 3.88. The Kier molecular flexibility index (Phi) is 3.55. The van der Waals surface area contributed by atoms with E-state index >= 15 is 0 Å². The second-order valence-electron chi connectivity index (χ2n) is 3.89. The number of carboxylic acid groups (broad SMARTS) is 1. The van der Waals surface area contributed by atoms with Gasteiger partial charge in [-0.25, -0.2) is 17.5 Å². The van der Waals surface area contributed by atoms with E-state index in [2.05, 4.69) is 0 Å². The van der Waals surface area contributed by atoms with E-state index in [0.29, 0.717) is 5.75 Å². The van der Waals surface area contributed by atoms with E-state index in [1.165, 1.54) is 23.9 Å². The zero-order chi connectivity index (χ0) is 14.2. The molecule has 0 bridgehead atoms. The maximum Gasteiger partial charge on any atom is 0.335 e. The van der Waals surface area contributed by atoms with Gasteiger partial charge in [-0.05, 0) is 24.5 Å². The Morgan fingerprint density at radius 2 is 2.11 bits per heavy atom. The van der Waals surface area contributed by atoms with E-state index in [4.69, 9.17) is 5.11 Å². The standard InChI is InChI=1S/C11H11NO5S2/c1-18-5-4-12-10(13)8-3-2-7(11(14)15)6-9(8)19(12,16)17/h2-3,6H,4-5H2,1H3,(H,14,15). The molecule has 1 amide bonds. The fourth-order valence-electron chi connectivity index (χ4n) is 1.80. The van der Waals surface area contributed by atoms with Crippen molar-refractivity contribution in [3.05, 3.63) is 29.3 Å². The number of benzene rings is 1. The van der Waals surface area contributed by atoms with Gasteiger partial charge in [0.2, 0.25) is 0 Å². The third kappa shape index (κ3) is 2.21.